The third-order valence-corrected chi connectivity index (χ3v) is 3.72. The minimum absolute atomic E-state index is 0.0198. The number of rotatable bonds is 5. The molecule has 2 rings (SSSR count). The van der Waals surface area contributed by atoms with E-state index in [-0.39, 0.29) is 18.0 Å². The molecule has 0 bridgehead atoms. The van der Waals surface area contributed by atoms with E-state index in [1.165, 1.54) is 16.7 Å². The Labute approximate surface area is 134 Å². The van der Waals surface area contributed by atoms with E-state index in [1.54, 1.807) is 38.4 Å². The smallest absolute Gasteiger partial charge is 0.326 e. The van der Waals surface area contributed by atoms with Crippen LogP contribution in [0.2, 0.25) is 0 Å². The van der Waals surface area contributed by atoms with E-state index in [0.29, 0.717) is 11.3 Å². The molecule has 0 radical (unpaired) electrons. The monoisotopic (exact) mass is 319 g/mol. The average molecular weight is 319 g/mol. The molecule has 2 N–H and O–H groups in total. The molecule has 0 aromatic heterocycles. The van der Waals surface area contributed by atoms with Crippen molar-refractivity contribution >= 4 is 23.6 Å². The summed E-state index contributed by atoms with van der Waals surface area (Å²) < 4.78 is 0. The van der Waals surface area contributed by atoms with E-state index < -0.39 is 12.0 Å². The maximum absolute atomic E-state index is 12.7. The number of carbonyl (C=O) groups excluding carboxylic acids is 2. The zero-order chi connectivity index (χ0) is 17.1. The Balaban J connectivity index is 2.21. The van der Waals surface area contributed by atoms with Gasteiger partial charge in [0.15, 0.2) is 0 Å². The van der Waals surface area contributed by atoms with Gasteiger partial charge in [0.2, 0.25) is 0 Å². The van der Waals surface area contributed by atoms with Crippen LogP contribution >= 0.6 is 0 Å². The van der Waals surface area contributed by atoms with Crippen LogP contribution in [-0.4, -0.2) is 59.0 Å². The van der Waals surface area contributed by atoms with Crippen LogP contribution in [0.25, 0.3) is 0 Å². The molecule has 3 amide bonds. The fourth-order valence-corrected chi connectivity index (χ4v) is 2.24. The van der Waals surface area contributed by atoms with Gasteiger partial charge in [-0.3, -0.25) is 4.79 Å². The zero-order valence-corrected chi connectivity index (χ0v) is 13.4. The molecule has 1 aromatic rings. The number of nitrogens with zero attached hydrogens (tertiary/aromatic N) is 2. The van der Waals surface area contributed by atoms with Crippen LogP contribution in [-0.2, 0) is 4.79 Å². The second kappa shape index (κ2) is 6.68. The summed E-state index contributed by atoms with van der Waals surface area (Å²) >= 11 is 0. The topological polar surface area (TPSA) is 90.0 Å². The fourth-order valence-electron chi connectivity index (χ4n) is 2.24. The summed E-state index contributed by atoms with van der Waals surface area (Å²) in [6.07, 6.45) is 1.64. The van der Waals surface area contributed by atoms with Crippen LogP contribution < -0.4 is 5.32 Å². The predicted octanol–water partition coefficient (Wildman–Crippen LogP) is 1.86. The van der Waals surface area contributed by atoms with Crippen molar-refractivity contribution < 1.29 is 19.5 Å². The molecule has 1 atom stereocenters. The predicted molar refractivity (Wildman–Crippen MR) is 85.4 cm³/mol. The van der Waals surface area contributed by atoms with Gasteiger partial charge in [0.25, 0.3) is 5.91 Å². The molecular weight excluding hydrogens is 298 g/mol. The Morgan fingerprint density at radius 1 is 1.26 bits per heavy atom. The lowest BCUT2D eigenvalue weighted by molar-refractivity contribution is -0.141. The first-order valence-electron chi connectivity index (χ1n) is 7.45. The molecular formula is C16H21N3O4. The van der Waals surface area contributed by atoms with Crippen molar-refractivity contribution in [2.75, 3.05) is 19.4 Å². The van der Waals surface area contributed by atoms with Crippen LogP contribution in [0.5, 0.6) is 0 Å². The summed E-state index contributed by atoms with van der Waals surface area (Å²) in [4.78, 5) is 38.4. The molecule has 124 valence electrons. The number of aliphatic carboxylic acids is 1. The van der Waals surface area contributed by atoms with Crippen LogP contribution in [0.1, 0.15) is 30.1 Å². The molecule has 7 nitrogen and oxygen atoms in total. The first-order valence-corrected chi connectivity index (χ1v) is 7.45. The molecule has 1 saturated carbocycles. The lowest BCUT2D eigenvalue weighted by Gasteiger charge is -2.26. The van der Waals surface area contributed by atoms with Crippen molar-refractivity contribution in [3.8, 4) is 0 Å². The van der Waals surface area contributed by atoms with Crippen molar-refractivity contribution in [2.45, 2.75) is 31.8 Å². The van der Waals surface area contributed by atoms with Gasteiger partial charge in [-0.1, -0.05) is 6.07 Å². The number of carboxylic acids is 1. The summed E-state index contributed by atoms with van der Waals surface area (Å²) in [5.41, 5.74) is 0.856. The van der Waals surface area contributed by atoms with E-state index in [2.05, 4.69) is 5.32 Å². The third kappa shape index (κ3) is 4.00. The van der Waals surface area contributed by atoms with E-state index >= 15 is 0 Å². The normalized spacial score (nSPS) is 14.7. The first-order chi connectivity index (χ1) is 10.8. The van der Waals surface area contributed by atoms with E-state index in [4.69, 9.17) is 0 Å². The Morgan fingerprint density at radius 2 is 1.91 bits per heavy atom. The highest BCUT2D eigenvalue weighted by atomic mass is 16.4. The number of benzene rings is 1. The molecule has 0 heterocycles. The largest absolute Gasteiger partial charge is 0.480 e. The number of nitrogens with one attached hydrogen (secondary N) is 1. The van der Waals surface area contributed by atoms with Gasteiger partial charge in [0, 0.05) is 31.4 Å². The second-order valence-corrected chi connectivity index (χ2v) is 5.86. The summed E-state index contributed by atoms with van der Waals surface area (Å²) in [5, 5.41) is 11.9. The number of hydrogen-bond acceptors (Lipinski definition) is 3. The van der Waals surface area contributed by atoms with Gasteiger partial charge in [-0.2, -0.15) is 0 Å². The van der Waals surface area contributed by atoms with Crippen LogP contribution in [0.4, 0.5) is 10.5 Å². The van der Waals surface area contributed by atoms with Gasteiger partial charge in [-0.15, -0.1) is 0 Å². The summed E-state index contributed by atoms with van der Waals surface area (Å²) in [6.45, 7) is 1.51. The molecule has 1 fully saturated rings. The lowest BCUT2D eigenvalue weighted by atomic mass is 10.1. The summed E-state index contributed by atoms with van der Waals surface area (Å²) in [6, 6.07) is 5.33. The molecule has 1 aliphatic rings. The minimum atomic E-state index is -1.03. The van der Waals surface area contributed by atoms with E-state index in [0.717, 1.165) is 12.8 Å². The van der Waals surface area contributed by atoms with Gasteiger partial charge in [-0.25, -0.2) is 9.59 Å². The third-order valence-electron chi connectivity index (χ3n) is 3.72. The number of carbonyl (C=O) groups is 3. The Morgan fingerprint density at radius 3 is 2.43 bits per heavy atom. The van der Waals surface area contributed by atoms with Gasteiger partial charge < -0.3 is 20.2 Å². The number of urea groups is 1. The maximum Gasteiger partial charge on any atom is 0.326 e. The van der Waals surface area contributed by atoms with Crippen molar-refractivity contribution in [3.05, 3.63) is 29.8 Å². The summed E-state index contributed by atoms with van der Waals surface area (Å²) in [5.74, 6) is -1.36. The van der Waals surface area contributed by atoms with Gasteiger partial charge in [-0.05, 0) is 38.0 Å². The molecule has 7 heteroatoms. The van der Waals surface area contributed by atoms with Crippen molar-refractivity contribution in [1.29, 1.82) is 0 Å². The first kappa shape index (κ1) is 16.8. The Kier molecular flexibility index (Phi) is 4.88. The number of carboxylic acid groups (broad SMARTS) is 1. The highest BCUT2D eigenvalue weighted by Gasteiger charge is 2.38. The number of amides is 3. The van der Waals surface area contributed by atoms with Gasteiger partial charge in [0.1, 0.15) is 6.04 Å². The van der Waals surface area contributed by atoms with Crippen molar-refractivity contribution in [1.82, 2.24) is 9.80 Å². The highest BCUT2D eigenvalue weighted by Crippen LogP contribution is 2.30. The summed E-state index contributed by atoms with van der Waals surface area (Å²) in [7, 11) is 3.24. The minimum Gasteiger partial charge on any atom is -0.480 e. The Hall–Kier alpha value is -2.57. The number of hydrogen-bond donors (Lipinski definition) is 2. The van der Waals surface area contributed by atoms with Crippen LogP contribution in [0.3, 0.4) is 0 Å². The SMILES string of the molecule is CC(C(=O)O)N(C(=O)c1cccc(NC(=O)N(C)C)c1)C1CC1. The quantitative estimate of drug-likeness (QED) is 0.867. The van der Waals surface area contributed by atoms with E-state index in [1.807, 2.05) is 0 Å². The van der Waals surface area contributed by atoms with Crippen molar-refractivity contribution in [2.24, 2.45) is 0 Å². The highest BCUT2D eigenvalue weighted by molar-refractivity contribution is 5.98. The van der Waals surface area contributed by atoms with Gasteiger partial charge >= 0.3 is 12.0 Å². The van der Waals surface area contributed by atoms with Crippen LogP contribution in [0, 0.1) is 0 Å². The van der Waals surface area contributed by atoms with Crippen LogP contribution in [0.15, 0.2) is 24.3 Å². The number of anilines is 1. The molecule has 1 unspecified atom stereocenters. The lowest BCUT2D eigenvalue weighted by Crippen LogP contribution is -2.44. The molecule has 0 saturated heterocycles. The Bertz CT molecular complexity index is 626. The maximum atomic E-state index is 12.7. The molecule has 23 heavy (non-hydrogen) atoms. The van der Waals surface area contributed by atoms with Crippen molar-refractivity contribution in [3.63, 3.8) is 0 Å². The molecule has 1 aromatic carbocycles. The molecule has 0 aliphatic heterocycles. The van der Waals surface area contributed by atoms with Gasteiger partial charge in [0.05, 0.1) is 0 Å². The standard InChI is InChI=1S/C16H21N3O4/c1-10(15(21)22)19(13-7-8-13)14(20)11-5-4-6-12(9-11)17-16(23)18(2)3/h4-6,9-10,13H,7-8H2,1-3H3,(H,17,23)(H,21,22). The average Bonchev–Trinajstić information content (AvgIpc) is 3.32. The fraction of sp³-hybridized carbons (Fsp3) is 0.438. The molecule has 1 aliphatic carbocycles. The van der Waals surface area contributed by atoms with E-state index in [9.17, 15) is 19.5 Å². The zero-order valence-electron chi connectivity index (χ0n) is 13.4. The second-order valence-electron chi connectivity index (χ2n) is 5.86. The molecule has 0 spiro atoms.